The van der Waals surface area contributed by atoms with Gasteiger partial charge in [-0.15, -0.1) is 10.2 Å². The largest absolute Gasteiger partial charge is 0.465 e. The maximum Gasteiger partial charge on any atom is 0.316 e. The molecule has 1 aliphatic rings. The van der Waals surface area contributed by atoms with Gasteiger partial charge in [0.1, 0.15) is 5.56 Å². The van der Waals surface area contributed by atoms with Gasteiger partial charge < -0.3 is 13.7 Å². The van der Waals surface area contributed by atoms with Crippen LogP contribution in [0.5, 0.6) is 0 Å². The number of hydrogen-bond donors (Lipinski definition) is 0. The lowest BCUT2D eigenvalue weighted by atomic mass is 9.93. The highest BCUT2D eigenvalue weighted by atomic mass is 16.5. The number of esters is 1. The molecule has 0 spiro atoms. The van der Waals surface area contributed by atoms with Crippen molar-refractivity contribution in [1.82, 2.24) is 15.4 Å². The first-order valence-corrected chi connectivity index (χ1v) is 12.8. The summed E-state index contributed by atoms with van der Waals surface area (Å²) in [6.45, 7) is 4.11. The van der Waals surface area contributed by atoms with Crippen LogP contribution in [0, 0.1) is 6.92 Å². The standard InChI is InChI=1S/C31H27N3O4/c1-3-36-30(35)31(17-18-31)25-15-13-23(14-16-25)22-9-11-24(12-10-22)28-27(20(2)34-38-28)29-33-32-26(37-29)19-21-7-5-4-6-8-21/h4-16H,3,17-19H2,1-2H3. The normalized spacial score (nSPS) is 13.8. The molecule has 0 aliphatic heterocycles. The number of carbonyl (C=O) groups is 1. The summed E-state index contributed by atoms with van der Waals surface area (Å²) in [6, 6.07) is 26.3. The van der Waals surface area contributed by atoms with E-state index in [4.69, 9.17) is 13.7 Å². The highest BCUT2D eigenvalue weighted by molar-refractivity contribution is 5.87. The van der Waals surface area contributed by atoms with E-state index in [1.54, 1.807) is 0 Å². The fourth-order valence-electron chi connectivity index (χ4n) is 4.82. The van der Waals surface area contributed by atoms with Crippen LogP contribution in [-0.4, -0.2) is 27.9 Å². The molecule has 3 aromatic carbocycles. The Balaban J connectivity index is 1.22. The Hall–Kier alpha value is -4.52. The number of carbonyl (C=O) groups excluding carboxylic acids is 1. The summed E-state index contributed by atoms with van der Waals surface area (Å²) in [5.41, 5.74) is 6.02. The SMILES string of the molecule is CCOC(=O)C1(c2ccc(-c3ccc(-c4onc(C)c4-c4nnc(Cc5ccccc5)o4)cc3)cc2)CC1. The smallest absolute Gasteiger partial charge is 0.316 e. The van der Waals surface area contributed by atoms with Crippen LogP contribution in [-0.2, 0) is 21.4 Å². The second-order valence-electron chi connectivity index (χ2n) is 9.59. The third-order valence-electron chi connectivity index (χ3n) is 7.08. The third-order valence-corrected chi connectivity index (χ3v) is 7.08. The number of hydrogen-bond acceptors (Lipinski definition) is 7. The van der Waals surface area contributed by atoms with Crippen LogP contribution >= 0.6 is 0 Å². The molecular weight excluding hydrogens is 478 g/mol. The average Bonchev–Trinajstić information content (AvgIpc) is 3.50. The third kappa shape index (κ3) is 4.41. The fraction of sp³-hybridized carbons (Fsp3) is 0.226. The van der Waals surface area contributed by atoms with E-state index in [1.807, 2.05) is 80.6 Å². The molecule has 1 saturated carbocycles. The molecule has 0 atom stereocenters. The molecule has 38 heavy (non-hydrogen) atoms. The Kier molecular flexibility index (Phi) is 6.12. The van der Waals surface area contributed by atoms with Crippen LogP contribution in [0.1, 0.15) is 42.5 Å². The van der Waals surface area contributed by atoms with Gasteiger partial charge in [-0.05, 0) is 48.9 Å². The minimum atomic E-state index is -0.464. The summed E-state index contributed by atoms with van der Waals surface area (Å²) in [5, 5.41) is 12.7. The monoisotopic (exact) mass is 505 g/mol. The number of nitrogens with zero attached hydrogens (tertiary/aromatic N) is 3. The zero-order valence-corrected chi connectivity index (χ0v) is 21.3. The Morgan fingerprint density at radius 2 is 1.55 bits per heavy atom. The van der Waals surface area contributed by atoms with Gasteiger partial charge in [-0.1, -0.05) is 84.0 Å². The van der Waals surface area contributed by atoms with Gasteiger partial charge in [-0.2, -0.15) is 0 Å². The number of aryl methyl sites for hydroxylation is 1. The van der Waals surface area contributed by atoms with Crippen molar-refractivity contribution in [3.8, 4) is 33.9 Å². The predicted molar refractivity (Wildman–Crippen MR) is 142 cm³/mol. The van der Waals surface area contributed by atoms with Gasteiger partial charge >= 0.3 is 5.97 Å². The molecule has 190 valence electrons. The average molecular weight is 506 g/mol. The van der Waals surface area contributed by atoms with E-state index in [-0.39, 0.29) is 5.97 Å². The van der Waals surface area contributed by atoms with Crippen molar-refractivity contribution in [2.24, 2.45) is 0 Å². The number of ether oxygens (including phenoxy) is 1. The predicted octanol–water partition coefficient (Wildman–Crippen LogP) is 6.55. The summed E-state index contributed by atoms with van der Waals surface area (Å²) >= 11 is 0. The van der Waals surface area contributed by atoms with Crippen LogP contribution in [0.4, 0.5) is 0 Å². The van der Waals surface area contributed by atoms with Crippen molar-refractivity contribution >= 4 is 5.97 Å². The Morgan fingerprint density at radius 3 is 2.21 bits per heavy atom. The van der Waals surface area contributed by atoms with Crippen molar-refractivity contribution < 1.29 is 18.5 Å². The van der Waals surface area contributed by atoms with E-state index >= 15 is 0 Å². The maximum absolute atomic E-state index is 12.4. The van der Waals surface area contributed by atoms with Crippen LogP contribution < -0.4 is 0 Å². The Labute approximate surface area is 220 Å². The van der Waals surface area contributed by atoms with Crippen LogP contribution in [0.15, 0.2) is 87.8 Å². The highest BCUT2D eigenvalue weighted by Gasteiger charge is 2.52. The van der Waals surface area contributed by atoms with Crippen molar-refractivity contribution in [1.29, 1.82) is 0 Å². The van der Waals surface area contributed by atoms with Crippen molar-refractivity contribution in [3.05, 3.63) is 102 Å². The molecule has 7 heteroatoms. The summed E-state index contributed by atoms with van der Waals surface area (Å²) in [7, 11) is 0. The van der Waals surface area contributed by atoms with Crippen molar-refractivity contribution in [3.63, 3.8) is 0 Å². The molecule has 2 heterocycles. The van der Waals surface area contributed by atoms with Gasteiger partial charge in [0.15, 0.2) is 5.76 Å². The summed E-state index contributed by atoms with van der Waals surface area (Å²) < 4.78 is 17.0. The van der Waals surface area contributed by atoms with Gasteiger partial charge in [-0.25, -0.2) is 0 Å². The molecule has 7 nitrogen and oxygen atoms in total. The zero-order chi connectivity index (χ0) is 26.1. The Bertz CT molecular complexity index is 1560. The number of benzene rings is 3. The van der Waals surface area contributed by atoms with Gasteiger partial charge in [0.25, 0.3) is 5.89 Å². The zero-order valence-electron chi connectivity index (χ0n) is 21.3. The van der Waals surface area contributed by atoms with E-state index in [0.717, 1.165) is 40.7 Å². The van der Waals surface area contributed by atoms with Crippen LogP contribution in [0.2, 0.25) is 0 Å². The molecule has 5 aromatic rings. The molecule has 1 fully saturated rings. The van der Waals surface area contributed by atoms with E-state index in [9.17, 15) is 4.79 Å². The maximum atomic E-state index is 12.4. The van der Waals surface area contributed by atoms with Crippen LogP contribution in [0.3, 0.4) is 0 Å². The summed E-state index contributed by atoms with van der Waals surface area (Å²) in [4.78, 5) is 12.4. The van der Waals surface area contributed by atoms with E-state index < -0.39 is 5.41 Å². The highest BCUT2D eigenvalue weighted by Crippen LogP contribution is 2.49. The first-order valence-electron chi connectivity index (χ1n) is 12.8. The number of rotatable bonds is 8. The van der Waals surface area contributed by atoms with Gasteiger partial charge in [0.2, 0.25) is 5.89 Å². The van der Waals surface area contributed by atoms with E-state index in [2.05, 4.69) is 27.5 Å². The lowest BCUT2D eigenvalue weighted by Crippen LogP contribution is -2.23. The Morgan fingerprint density at radius 1 is 0.895 bits per heavy atom. The van der Waals surface area contributed by atoms with Crippen molar-refractivity contribution in [2.75, 3.05) is 6.61 Å². The van der Waals surface area contributed by atoms with Gasteiger partial charge in [0.05, 0.1) is 24.1 Å². The molecule has 2 aromatic heterocycles. The molecule has 0 saturated heterocycles. The first kappa shape index (κ1) is 23.9. The lowest BCUT2D eigenvalue weighted by Gasteiger charge is -2.14. The fourth-order valence-corrected chi connectivity index (χ4v) is 4.82. The quantitative estimate of drug-likeness (QED) is 0.221. The van der Waals surface area contributed by atoms with Crippen LogP contribution in [0.25, 0.3) is 33.9 Å². The van der Waals surface area contributed by atoms with Gasteiger partial charge in [-0.3, -0.25) is 4.79 Å². The molecular formula is C31H27N3O4. The number of aromatic nitrogens is 3. The van der Waals surface area contributed by atoms with E-state index in [1.165, 1.54) is 0 Å². The molecule has 0 unspecified atom stereocenters. The van der Waals surface area contributed by atoms with Gasteiger partial charge in [0, 0.05) is 5.56 Å². The van der Waals surface area contributed by atoms with E-state index in [0.29, 0.717) is 41.8 Å². The molecule has 0 N–H and O–H groups in total. The molecule has 0 bridgehead atoms. The summed E-state index contributed by atoms with van der Waals surface area (Å²) in [6.07, 6.45) is 2.24. The molecule has 0 amide bonds. The first-order chi connectivity index (χ1) is 18.6. The second-order valence-corrected chi connectivity index (χ2v) is 9.59. The molecule has 0 radical (unpaired) electrons. The van der Waals surface area contributed by atoms with Crippen molar-refractivity contribution in [2.45, 2.75) is 38.5 Å². The minimum absolute atomic E-state index is 0.122. The minimum Gasteiger partial charge on any atom is -0.465 e. The lowest BCUT2D eigenvalue weighted by molar-refractivity contribution is -0.146. The molecule has 1 aliphatic carbocycles. The summed E-state index contributed by atoms with van der Waals surface area (Å²) in [5.74, 6) is 1.39. The topological polar surface area (TPSA) is 91.2 Å². The molecule has 6 rings (SSSR count). The second kappa shape index (κ2) is 9.74.